The molecule has 0 aliphatic rings. The summed E-state index contributed by atoms with van der Waals surface area (Å²) in [5.41, 5.74) is 3.66. The second-order valence-corrected chi connectivity index (χ2v) is 6.95. The summed E-state index contributed by atoms with van der Waals surface area (Å²) in [7, 11) is 0. The van der Waals surface area contributed by atoms with E-state index in [1.165, 1.54) is 12.3 Å². The van der Waals surface area contributed by atoms with Crippen LogP contribution in [0.4, 0.5) is 0 Å². The van der Waals surface area contributed by atoms with Crippen LogP contribution < -0.4 is 10.6 Å². The Morgan fingerprint density at radius 1 is 1.00 bits per heavy atom. The Morgan fingerprint density at radius 2 is 1.79 bits per heavy atom. The van der Waals surface area contributed by atoms with Gasteiger partial charge in [0.05, 0.1) is 12.3 Å². The number of carbonyl (C=O) groups is 2. The Kier molecular flexibility index (Phi) is 6.29. The molecule has 0 bridgehead atoms. The zero-order valence-corrected chi connectivity index (χ0v) is 16.7. The van der Waals surface area contributed by atoms with Crippen molar-refractivity contribution in [2.75, 3.05) is 0 Å². The van der Waals surface area contributed by atoms with E-state index in [0.717, 1.165) is 16.7 Å². The maximum Gasteiger partial charge on any atom is 0.268 e. The van der Waals surface area contributed by atoms with Gasteiger partial charge in [-0.1, -0.05) is 42.0 Å². The van der Waals surface area contributed by atoms with Gasteiger partial charge in [-0.15, -0.1) is 0 Å². The highest BCUT2D eigenvalue weighted by Crippen LogP contribution is 2.17. The molecule has 3 rings (SSSR count). The van der Waals surface area contributed by atoms with Crippen molar-refractivity contribution < 1.29 is 14.0 Å². The third kappa shape index (κ3) is 5.23. The van der Waals surface area contributed by atoms with E-state index in [-0.39, 0.29) is 17.6 Å². The number of carbonyl (C=O) groups excluding carboxylic acids is 2. The number of nitrogens with one attached hydrogen (secondary N) is 2. The van der Waals surface area contributed by atoms with Gasteiger partial charge in [-0.2, -0.15) is 0 Å². The Balaban J connectivity index is 1.83. The van der Waals surface area contributed by atoms with Crippen LogP contribution in [0, 0.1) is 13.8 Å². The van der Waals surface area contributed by atoms with E-state index in [4.69, 9.17) is 4.42 Å². The van der Waals surface area contributed by atoms with Crippen LogP contribution in [0.3, 0.4) is 0 Å². The van der Waals surface area contributed by atoms with Crippen molar-refractivity contribution in [1.29, 1.82) is 0 Å². The van der Waals surface area contributed by atoms with Crippen molar-refractivity contribution in [1.82, 2.24) is 10.6 Å². The van der Waals surface area contributed by atoms with Crippen LogP contribution >= 0.6 is 0 Å². The molecule has 0 fully saturated rings. The van der Waals surface area contributed by atoms with Crippen LogP contribution in [-0.2, 0) is 4.79 Å². The second-order valence-electron chi connectivity index (χ2n) is 6.95. The highest BCUT2D eigenvalue weighted by molar-refractivity contribution is 6.05. The van der Waals surface area contributed by atoms with Gasteiger partial charge >= 0.3 is 0 Å². The molecule has 2 amide bonds. The summed E-state index contributed by atoms with van der Waals surface area (Å²) in [5.74, 6) is -0.272. The van der Waals surface area contributed by atoms with E-state index in [1.807, 2.05) is 51.1 Å². The van der Waals surface area contributed by atoms with Crippen molar-refractivity contribution in [2.45, 2.75) is 26.8 Å². The molecule has 1 unspecified atom stereocenters. The topological polar surface area (TPSA) is 71.3 Å². The summed E-state index contributed by atoms with van der Waals surface area (Å²) in [6.07, 6.45) is 3.04. The predicted octanol–water partition coefficient (Wildman–Crippen LogP) is 4.54. The van der Waals surface area contributed by atoms with Crippen LogP contribution in [0.15, 0.2) is 77.0 Å². The van der Waals surface area contributed by atoms with Gasteiger partial charge in [-0.3, -0.25) is 9.59 Å². The Labute approximate surface area is 170 Å². The van der Waals surface area contributed by atoms with Gasteiger partial charge in [0.2, 0.25) is 0 Å². The standard InChI is InChI=1S/C24H24N2O3/c1-16-8-6-10-19(14-16)23(27)26-22(15-20-11-7-13-29-20)24(28)25-18(3)21-12-5-4-9-17(21)2/h4-15,18H,1-3H3,(H,25,28)(H,26,27)/b22-15-. The fourth-order valence-corrected chi connectivity index (χ4v) is 3.08. The molecule has 0 spiro atoms. The van der Waals surface area contributed by atoms with Crippen LogP contribution in [0.1, 0.15) is 45.8 Å². The summed E-state index contributed by atoms with van der Waals surface area (Å²) in [4.78, 5) is 25.7. The fraction of sp³-hybridized carbons (Fsp3) is 0.167. The molecular weight excluding hydrogens is 364 g/mol. The lowest BCUT2D eigenvalue weighted by Gasteiger charge is -2.18. The Morgan fingerprint density at radius 3 is 2.48 bits per heavy atom. The van der Waals surface area contributed by atoms with Crippen molar-refractivity contribution in [3.8, 4) is 0 Å². The van der Waals surface area contributed by atoms with Crippen molar-refractivity contribution in [3.63, 3.8) is 0 Å². The van der Waals surface area contributed by atoms with Crippen molar-refractivity contribution in [2.24, 2.45) is 0 Å². The van der Waals surface area contributed by atoms with E-state index in [2.05, 4.69) is 10.6 Å². The average molecular weight is 388 g/mol. The van der Waals surface area contributed by atoms with Gasteiger partial charge in [-0.25, -0.2) is 0 Å². The third-order valence-corrected chi connectivity index (χ3v) is 4.61. The number of amides is 2. The minimum absolute atomic E-state index is 0.117. The number of benzene rings is 2. The summed E-state index contributed by atoms with van der Waals surface area (Å²) in [5, 5.41) is 5.67. The van der Waals surface area contributed by atoms with Gasteiger partial charge in [-0.05, 0) is 56.2 Å². The minimum Gasteiger partial charge on any atom is -0.465 e. The quantitative estimate of drug-likeness (QED) is 0.609. The monoisotopic (exact) mass is 388 g/mol. The lowest BCUT2D eigenvalue weighted by atomic mass is 10.0. The normalized spacial score (nSPS) is 12.3. The molecule has 0 radical (unpaired) electrons. The van der Waals surface area contributed by atoms with Crippen molar-refractivity contribution >= 4 is 17.9 Å². The summed E-state index contributed by atoms with van der Waals surface area (Å²) in [6, 6.07) is 18.3. The molecular formula is C24H24N2O3. The van der Waals surface area contributed by atoms with E-state index < -0.39 is 5.91 Å². The number of rotatable bonds is 6. The summed E-state index contributed by atoms with van der Waals surface area (Å²) >= 11 is 0. The number of furan rings is 1. The maximum absolute atomic E-state index is 13.0. The Bertz CT molecular complexity index is 1040. The number of aryl methyl sites for hydroxylation is 2. The Hall–Kier alpha value is -3.60. The highest BCUT2D eigenvalue weighted by Gasteiger charge is 2.18. The smallest absolute Gasteiger partial charge is 0.268 e. The largest absolute Gasteiger partial charge is 0.465 e. The molecule has 0 saturated heterocycles. The van der Waals surface area contributed by atoms with E-state index in [0.29, 0.717) is 11.3 Å². The molecule has 0 aliphatic carbocycles. The zero-order valence-electron chi connectivity index (χ0n) is 16.7. The van der Waals surface area contributed by atoms with Crippen LogP contribution in [0.2, 0.25) is 0 Å². The first-order valence-electron chi connectivity index (χ1n) is 9.43. The van der Waals surface area contributed by atoms with E-state index in [9.17, 15) is 9.59 Å². The van der Waals surface area contributed by atoms with Gasteiger partial charge < -0.3 is 15.1 Å². The van der Waals surface area contributed by atoms with Crippen molar-refractivity contribution in [3.05, 3.63) is 101 Å². The van der Waals surface area contributed by atoms with Crippen LogP contribution in [0.25, 0.3) is 6.08 Å². The van der Waals surface area contributed by atoms with Gasteiger partial charge in [0.15, 0.2) is 0 Å². The van der Waals surface area contributed by atoms with Gasteiger partial charge in [0.25, 0.3) is 11.8 Å². The van der Waals surface area contributed by atoms with Crippen LogP contribution in [-0.4, -0.2) is 11.8 Å². The van der Waals surface area contributed by atoms with Gasteiger partial charge in [0, 0.05) is 11.6 Å². The molecule has 5 nitrogen and oxygen atoms in total. The molecule has 2 aromatic carbocycles. The summed E-state index contributed by atoms with van der Waals surface area (Å²) < 4.78 is 5.32. The molecule has 0 aliphatic heterocycles. The number of hydrogen-bond acceptors (Lipinski definition) is 3. The van der Waals surface area contributed by atoms with Crippen LogP contribution in [0.5, 0.6) is 0 Å². The molecule has 1 heterocycles. The summed E-state index contributed by atoms with van der Waals surface area (Å²) in [6.45, 7) is 5.82. The highest BCUT2D eigenvalue weighted by atomic mass is 16.3. The van der Waals surface area contributed by atoms with E-state index >= 15 is 0 Å². The lowest BCUT2D eigenvalue weighted by molar-refractivity contribution is -0.118. The molecule has 0 saturated carbocycles. The molecule has 5 heteroatoms. The average Bonchev–Trinajstić information content (AvgIpc) is 3.20. The minimum atomic E-state index is -0.391. The third-order valence-electron chi connectivity index (χ3n) is 4.61. The van der Waals surface area contributed by atoms with E-state index in [1.54, 1.807) is 30.3 Å². The molecule has 148 valence electrons. The first kappa shape index (κ1) is 20.1. The molecule has 29 heavy (non-hydrogen) atoms. The molecule has 2 N–H and O–H groups in total. The fourth-order valence-electron chi connectivity index (χ4n) is 3.08. The maximum atomic E-state index is 13.0. The van der Waals surface area contributed by atoms with Gasteiger partial charge in [0.1, 0.15) is 11.5 Å². The molecule has 1 atom stereocenters. The second kappa shape index (κ2) is 9.06. The first-order valence-corrected chi connectivity index (χ1v) is 9.43. The molecule has 1 aromatic heterocycles. The lowest BCUT2D eigenvalue weighted by Crippen LogP contribution is -2.36. The SMILES string of the molecule is Cc1cccc(C(=O)N/C(=C\c2ccco2)C(=O)NC(C)c2ccccc2C)c1. The first-order chi connectivity index (χ1) is 13.9. The zero-order chi connectivity index (χ0) is 20.8. The molecule has 3 aromatic rings. The predicted molar refractivity (Wildman–Crippen MR) is 113 cm³/mol. The number of hydrogen-bond donors (Lipinski definition) is 2.